The number of rotatable bonds is 3. The summed E-state index contributed by atoms with van der Waals surface area (Å²) in [7, 11) is 3.58. The molecule has 0 aliphatic carbocycles. The van der Waals surface area contributed by atoms with Crippen LogP contribution in [0.1, 0.15) is 5.56 Å². The Hall–Kier alpha value is -1.71. The molecule has 0 aliphatic rings. The summed E-state index contributed by atoms with van der Waals surface area (Å²) >= 11 is 0. The van der Waals surface area contributed by atoms with Crippen LogP contribution >= 0.6 is 0 Å². The van der Waals surface area contributed by atoms with Gasteiger partial charge in [-0.25, -0.2) is 0 Å². The van der Waals surface area contributed by atoms with Crippen molar-refractivity contribution in [2.45, 2.75) is 0 Å². The van der Waals surface area contributed by atoms with Crippen molar-refractivity contribution in [3.05, 3.63) is 24.2 Å². The summed E-state index contributed by atoms with van der Waals surface area (Å²) in [5, 5.41) is 4.05. The summed E-state index contributed by atoms with van der Waals surface area (Å²) in [6.45, 7) is 3.40. The maximum absolute atomic E-state index is 4.05. The molecule has 0 amide bonds. The van der Waals surface area contributed by atoms with E-state index in [0.29, 0.717) is 0 Å². The summed E-state index contributed by atoms with van der Waals surface area (Å²) in [6, 6.07) is 0. The lowest BCUT2D eigenvalue weighted by molar-refractivity contribution is 0.767. The van der Waals surface area contributed by atoms with Crippen LogP contribution in [-0.2, 0) is 7.05 Å². The van der Waals surface area contributed by atoms with Gasteiger partial charge in [-0.05, 0) is 6.72 Å². The number of nitrogens with zero attached hydrogens (tertiary/aromatic N) is 4. The molecule has 1 aromatic rings. The molecule has 1 aromatic heterocycles. The average Bonchev–Trinajstić information content (AvgIpc) is 2.51. The molecule has 13 heavy (non-hydrogen) atoms. The molecule has 0 spiro atoms. The fourth-order valence-corrected chi connectivity index (χ4v) is 0.990. The zero-order valence-corrected chi connectivity index (χ0v) is 7.81. The van der Waals surface area contributed by atoms with Gasteiger partial charge in [-0.2, -0.15) is 5.10 Å². The second kappa shape index (κ2) is 4.35. The van der Waals surface area contributed by atoms with Gasteiger partial charge in [0.1, 0.15) is 0 Å². The summed E-state index contributed by atoms with van der Waals surface area (Å²) < 4.78 is 1.73. The molecule has 4 nitrogen and oxygen atoms in total. The van der Waals surface area contributed by atoms with E-state index in [1.165, 1.54) is 0 Å². The van der Waals surface area contributed by atoms with Crippen molar-refractivity contribution >= 4 is 18.5 Å². The van der Waals surface area contributed by atoms with Crippen LogP contribution < -0.4 is 0 Å². The molecule has 0 aliphatic heterocycles. The summed E-state index contributed by atoms with van der Waals surface area (Å²) in [5.74, 6) is 0. The zero-order valence-electron chi connectivity index (χ0n) is 7.81. The third-order valence-electron chi connectivity index (χ3n) is 1.54. The largest absolute Gasteiger partial charge is 0.296 e. The molecule has 0 atom stereocenters. The number of aliphatic imine (C=N–C) groups is 2. The van der Waals surface area contributed by atoms with Crippen LogP contribution in [0.3, 0.4) is 0 Å². The molecule has 0 radical (unpaired) electrons. The van der Waals surface area contributed by atoms with Crippen LogP contribution in [-0.4, -0.2) is 29.8 Å². The van der Waals surface area contributed by atoms with Crippen LogP contribution in [0.15, 0.2) is 28.6 Å². The van der Waals surface area contributed by atoms with Gasteiger partial charge in [-0.15, -0.1) is 0 Å². The molecule has 0 fully saturated rings. The Morgan fingerprint density at radius 3 is 2.92 bits per heavy atom. The summed E-state index contributed by atoms with van der Waals surface area (Å²) in [6.07, 6.45) is 7.05. The van der Waals surface area contributed by atoms with Gasteiger partial charge in [0.05, 0.1) is 6.20 Å². The lowest BCUT2D eigenvalue weighted by Crippen LogP contribution is -1.85. The van der Waals surface area contributed by atoms with E-state index in [-0.39, 0.29) is 0 Å². The minimum atomic E-state index is 0.908. The van der Waals surface area contributed by atoms with Crippen molar-refractivity contribution in [2.75, 3.05) is 7.05 Å². The normalized spacial score (nSPS) is 12.3. The number of hydrogen-bond donors (Lipinski definition) is 0. The van der Waals surface area contributed by atoms with Gasteiger partial charge in [0.2, 0.25) is 0 Å². The topological polar surface area (TPSA) is 42.5 Å². The van der Waals surface area contributed by atoms with Crippen molar-refractivity contribution in [1.29, 1.82) is 0 Å². The third-order valence-corrected chi connectivity index (χ3v) is 1.54. The Kier molecular flexibility index (Phi) is 3.14. The van der Waals surface area contributed by atoms with Crippen molar-refractivity contribution in [3.63, 3.8) is 0 Å². The number of hydrogen-bond acceptors (Lipinski definition) is 3. The Bertz CT molecular complexity index is 346. The highest BCUT2D eigenvalue weighted by atomic mass is 15.2. The molecule has 4 heteroatoms. The van der Waals surface area contributed by atoms with Gasteiger partial charge in [0.25, 0.3) is 0 Å². The quantitative estimate of drug-likeness (QED) is 0.637. The van der Waals surface area contributed by atoms with Crippen LogP contribution in [0.25, 0.3) is 5.57 Å². The molecule has 0 N–H and O–H groups in total. The van der Waals surface area contributed by atoms with Crippen LogP contribution in [0.2, 0.25) is 0 Å². The summed E-state index contributed by atoms with van der Waals surface area (Å²) in [5.41, 5.74) is 1.89. The standard InChI is InChI=1S/C9H12N4/c1-10-4-8(5-11-2)9-6-12-13(3)7-9/h4-7H,1H2,2-3H3/b8-4+,11-5?. The molecule has 0 bridgehead atoms. The highest BCUT2D eigenvalue weighted by molar-refractivity contribution is 6.09. The lowest BCUT2D eigenvalue weighted by atomic mass is 10.2. The van der Waals surface area contributed by atoms with Crippen LogP contribution in [0.5, 0.6) is 0 Å². The van der Waals surface area contributed by atoms with E-state index in [1.54, 1.807) is 30.3 Å². The Morgan fingerprint density at radius 2 is 2.46 bits per heavy atom. The fraction of sp³-hybridized carbons (Fsp3) is 0.222. The monoisotopic (exact) mass is 176 g/mol. The second-order valence-corrected chi connectivity index (χ2v) is 2.56. The van der Waals surface area contributed by atoms with E-state index in [9.17, 15) is 0 Å². The molecular formula is C9H12N4. The Morgan fingerprint density at radius 1 is 1.69 bits per heavy atom. The lowest BCUT2D eigenvalue weighted by Gasteiger charge is -1.93. The molecule has 0 aromatic carbocycles. The SMILES string of the molecule is C=N/C=C(\C=NC)c1cnn(C)c1. The van der Waals surface area contributed by atoms with Crippen LogP contribution in [0, 0.1) is 0 Å². The van der Waals surface area contributed by atoms with Crippen molar-refractivity contribution in [3.8, 4) is 0 Å². The maximum Gasteiger partial charge on any atom is 0.0569 e. The van der Waals surface area contributed by atoms with E-state index in [1.807, 2.05) is 13.2 Å². The molecule has 1 rings (SSSR count). The van der Waals surface area contributed by atoms with Gasteiger partial charge in [-0.3, -0.25) is 14.7 Å². The van der Waals surface area contributed by atoms with E-state index >= 15 is 0 Å². The molecular weight excluding hydrogens is 164 g/mol. The number of aryl methyl sites for hydroxylation is 1. The second-order valence-electron chi connectivity index (χ2n) is 2.56. The minimum Gasteiger partial charge on any atom is -0.296 e. The van der Waals surface area contributed by atoms with Gasteiger partial charge >= 0.3 is 0 Å². The minimum absolute atomic E-state index is 0.908. The summed E-state index contributed by atoms with van der Waals surface area (Å²) in [4.78, 5) is 7.62. The molecule has 1 heterocycles. The van der Waals surface area contributed by atoms with E-state index < -0.39 is 0 Å². The molecule has 68 valence electrons. The molecule has 0 saturated carbocycles. The van der Waals surface area contributed by atoms with Gasteiger partial charge in [0, 0.05) is 43.8 Å². The van der Waals surface area contributed by atoms with Crippen molar-refractivity contribution in [2.24, 2.45) is 17.0 Å². The first-order chi connectivity index (χ1) is 6.27. The van der Waals surface area contributed by atoms with Gasteiger partial charge < -0.3 is 0 Å². The van der Waals surface area contributed by atoms with Crippen molar-refractivity contribution < 1.29 is 0 Å². The molecule has 0 unspecified atom stereocenters. The number of allylic oxidation sites excluding steroid dienone is 1. The predicted octanol–water partition coefficient (Wildman–Crippen LogP) is 1.16. The first kappa shape index (κ1) is 9.38. The van der Waals surface area contributed by atoms with E-state index in [4.69, 9.17) is 0 Å². The number of aromatic nitrogens is 2. The Labute approximate surface area is 77.3 Å². The third kappa shape index (κ3) is 2.37. The average molecular weight is 176 g/mol. The Balaban J connectivity index is 3.01. The zero-order chi connectivity index (χ0) is 9.68. The van der Waals surface area contributed by atoms with Gasteiger partial charge in [0.15, 0.2) is 0 Å². The maximum atomic E-state index is 4.05. The predicted molar refractivity (Wildman–Crippen MR) is 55.2 cm³/mol. The van der Waals surface area contributed by atoms with Crippen LogP contribution in [0.4, 0.5) is 0 Å². The van der Waals surface area contributed by atoms with Crippen molar-refractivity contribution in [1.82, 2.24) is 9.78 Å². The van der Waals surface area contributed by atoms with Gasteiger partial charge in [-0.1, -0.05) is 0 Å². The van der Waals surface area contributed by atoms with E-state index in [2.05, 4.69) is 21.8 Å². The van der Waals surface area contributed by atoms with E-state index in [0.717, 1.165) is 11.1 Å². The highest BCUT2D eigenvalue weighted by Crippen LogP contribution is 2.10. The fourth-order valence-electron chi connectivity index (χ4n) is 0.990. The first-order valence-corrected chi connectivity index (χ1v) is 3.85. The first-order valence-electron chi connectivity index (χ1n) is 3.85. The molecule has 0 saturated heterocycles. The smallest absolute Gasteiger partial charge is 0.0569 e. The highest BCUT2D eigenvalue weighted by Gasteiger charge is 1.99.